The second kappa shape index (κ2) is 6.48. The van der Waals surface area contributed by atoms with E-state index in [9.17, 15) is 9.90 Å². The zero-order valence-corrected chi connectivity index (χ0v) is 14.7. The molecule has 0 atom stereocenters. The van der Waals surface area contributed by atoms with Crippen molar-refractivity contribution < 1.29 is 9.84 Å². The van der Waals surface area contributed by atoms with Gasteiger partial charge in [0.25, 0.3) is 0 Å². The Balaban J connectivity index is 1.95. The number of nitrogens with zero attached hydrogens (tertiary/aromatic N) is 3. The molecule has 7 nitrogen and oxygen atoms in total. The molecular formula is C16H15BrN4O3. The number of ether oxygens (including phenoxy) is 1. The maximum absolute atomic E-state index is 11.8. The van der Waals surface area contributed by atoms with E-state index in [4.69, 9.17) is 4.74 Å². The third-order valence-electron chi connectivity index (χ3n) is 3.66. The fourth-order valence-corrected chi connectivity index (χ4v) is 2.79. The lowest BCUT2D eigenvalue weighted by Crippen LogP contribution is -2.18. The van der Waals surface area contributed by atoms with Gasteiger partial charge in [-0.2, -0.15) is 4.68 Å². The van der Waals surface area contributed by atoms with Crippen LogP contribution in [-0.4, -0.2) is 25.3 Å². The Morgan fingerprint density at radius 3 is 2.79 bits per heavy atom. The second-order valence-corrected chi connectivity index (χ2v) is 6.20. The molecule has 0 aliphatic carbocycles. The molecule has 0 amide bonds. The number of aryl methyl sites for hydroxylation is 2. The summed E-state index contributed by atoms with van der Waals surface area (Å²) < 4.78 is 7.88. The largest absolute Gasteiger partial charge is 0.508 e. The zero-order chi connectivity index (χ0) is 17.3. The quantitative estimate of drug-likeness (QED) is 0.713. The lowest BCUT2D eigenvalue weighted by Gasteiger charge is -2.14. The first-order valence-corrected chi connectivity index (χ1v) is 7.98. The molecule has 0 spiro atoms. The highest BCUT2D eigenvalue weighted by Crippen LogP contribution is 2.29. The van der Waals surface area contributed by atoms with E-state index in [1.54, 1.807) is 31.2 Å². The fourth-order valence-electron chi connectivity index (χ4n) is 2.32. The zero-order valence-electron chi connectivity index (χ0n) is 13.1. The summed E-state index contributed by atoms with van der Waals surface area (Å²) in [6, 6.07) is 8.88. The van der Waals surface area contributed by atoms with Crippen LogP contribution in [0.15, 0.2) is 39.6 Å². The van der Waals surface area contributed by atoms with Crippen molar-refractivity contribution in [3.8, 4) is 17.2 Å². The molecular weight excluding hydrogens is 376 g/mol. The standard InChI is InChI=1S/C16H15BrN4O3/c1-9-7-15(10(2)6-14(9)22)24-8-11-12(17)4-3-5-13(11)21-16(23)18-19-20-21/h3-7,22H,8H2,1-2H3,(H,18,20,23). The second-order valence-electron chi connectivity index (χ2n) is 5.35. The summed E-state index contributed by atoms with van der Waals surface area (Å²) in [5.41, 5.74) is 2.47. The molecule has 24 heavy (non-hydrogen) atoms. The minimum atomic E-state index is -0.425. The number of rotatable bonds is 4. The topological polar surface area (TPSA) is 93.0 Å². The Labute approximate surface area is 146 Å². The molecule has 0 unspecified atom stereocenters. The third-order valence-corrected chi connectivity index (χ3v) is 4.40. The summed E-state index contributed by atoms with van der Waals surface area (Å²) in [5.74, 6) is 0.898. The van der Waals surface area contributed by atoms with Gasteiger partial charge in [0.05, 0.1) is 5.69 Å². The molecule has 0 saturated carbocycles. The van der Waals surface area contributed by atoms with Gasteiger partial charge in [-0.15, -0.1) is 0 Å². The van der Waals surface area contributed by atoms with Crippen LogP contribution in [0, 0.1) is 13.8 Å². The molecule has 0 aliphatic rings. The SMILES string of the molecule is Cc1cc(OCc2c(Br)cccc2-n2nn[nH]c2=O)c(C)cc1O. The molecule has 3 rings (SSSR count). The smallest absolute Gasteiger partial charge is 0.365 e. The van der Waals surface area contributed by atoms with Gasteiger partial charge in [-0.25, -0.2) is 9.89 Å². The first kappa shape index (κ1) is 16.3. The van der Waals surface area contributed by atoms with Crippen LogP contribution in [0.1, 0.15) is 16.7 Å². The Morgan fingerprint density at radius 1 is 1.29 bits per heavy atom. The number of tetrazole rings is 1. The monoisotopic (exact) mass is 390 g/mol. The van der Waals surface area contributed by atoms with Crippen LogP contribution in [0.3, 0.4) is 0 Å². The summed E-state index contributed by atoms with van der Waals surface area (Å²) in [6.07, 6.45) is 0. The number of aromatic nitrogens is 4. The number of hydrogen-bond donors (Lipinski definition) is 2. The van der Waals surface area contributed by atoms with Crippen molar-refractivity contribution in [2.75, 3.05) is 0 Å². The van der Waals surface area contributed by atoms with Crippen LogP contribution in [0.25, 0.3) is 5.69 Å². The van der Waals surface area contributed by atoms with Crippen molar-refractivity contribution in [1.82, 2.24) is 20.2 Å². The third kappa shape index (κ3) is 3.05. The minimum absolute atomic E-state index is 0.223. The average Bonchev–Trinajstić information content (AvgIpc) is 2.96. The fraction of sp³-hybridized carbons (Fsp3) is 0.188. The number of H-pyrrole nitrogens is 1. The van der Waals surface area contributed by atoms with Gasteiger partial charge in [-0.3, -0.25) is 0 Å². The predicted molar refractivity (Wildman–Crippen MR) is 91.6 cm³/mol. The van der Waals surface area contributed by atoms with Crippen molar-refractivity contribution >= 4 is 15.9 Å². The molecule has 0 aliphatic heterocycles. The number of hydrogen-bond acceptors (Lipinski definition) is 5. The van der Waals surface area contributed by atoms with Crippen molar-refractivity contribution in [1.29, 1.82) is 0 Å². The van der Waals surface area contributed by atoms with Gasteiger partial charge in [-0.05, 0) is 59.7 Å². The van der Waals surface area contributed by atoms with E-state index in [0.29, 0.717) is 11.4 Å². The molecule has 124 valence electrons. The summed E-state index contributed by atoms with van der Waals surface area (Å²) in [6.45, 7) is 3.89. The van der Waals surface area contributed by atoms with Crippen LogP contribution in [0.5, 0.6) is 11.5 Å². The number of phenols is 1. The highest BCUT2D eigenvalue weighted by Gasteiger charge is 2.14. The number of aromatic hydroxyl groups is 1. The van der Waals surface area contributed by atoms with Gasteiger partial charge in [0.15, 0.2) is 0 Å². The molecule has 8 heteroatoms. The number of nitrogens with one attached hydrogen (secondary N) is 1. The lowest BCUT2D eigenvalue weighted by atomic mass is 10.1. The summed E-state index contributed by atoms with van der Waals surface area (Å²) in [4.78, 5) is 11.8. The molecule has 2 aromatic carbocycles. The summed E-state index contributed by atoms with van der Waals surface area (Å²) in [5, 5.41) is 19.3. The van der Waals surface area contributed by atoms with Crippen LogP contribution >= 0.6 is 15.9 Å². The number of benzene rings is 2. The minimum Gasteiger partial charge on any atom is -0.508 e. The van der Waals surface area contributed by atoms with Crippen molar-refractivity contribution in [2.45, 2.75) is 20.5 Å². The summed E-state index contributed by atoms with van der Waals surface area (Å²) in [7, 11) is 0. The molecule has 3 aromatic rings. The predicted octanol–water partition coefficient (Wildman–Crippen LogP) is 2.62. The van der Waals surface area contributed by atoms with Crippen molar-refractivity contribution in [2.24, 2.45) is 0 Å². The molecule has 1 heterocycles. The van der Waals surface area contributed by atoms with Gasteiger partial charge in [0.1, 0.15) is 18.1 Å². The van der Waals surface area contributed by atoms with Gasteiger partial charge in [0.2, 0.25) is 0 Å². The molecule has 0 fully saturated rings. The number of phenolic OH excluding ortho intramolecular Hbond substituents is 1. The first-order chi connectivity index (χ1) is 11.5. The van der Waals surface area contributed by atoms with Crippen LogP contribution in [0.2, 0.25) is 0 Å². The highest BCUT2D eigenvalue weighted by molar-refractivity contribution is 9.10. The van der Waals surface area contributed by atoms with E-state index in [1.165, 1.54) is 4.68 Å². The normalized spacial score (nSPS) is 10.8. The van der Waals surface area contributed by atoms with E-state index in [2.05, 4.69) is 31.5 Å². The molecule has 0 saturated heterocycles. The lowest BCUT2D eigenvalue weighted by molar-refractivity contribution is 0.302. The van der Waals surface area contributed by atoms with E-state index < -0.39 is 5.69 Å². The number of halogens is 1. The summed E-state index contributed by atoms with van der Waals surface area (Å²) >= 11 is 3.48. The Hall–Kier alpha value is -2.61. The van der Waals surface area contributed by atoms with Gasteiger partial charge >= 0.3 is 5.69 Å². The average molecular weight is 391 g/mol. The van der Waals surface area contributed by atoms with Crippen molar-refractivity contribution in [3.63, 3.8) is 0 Å². The molecule has 0 bridgehead atoms. The van der Waals surface area contributed by atoms with E-state index >= 15 is 0 Å². The van der Waals surface area contributed by atoms with E-state index in [1.807, 2.05) is 13.0 Å². The Kier molecular flexibility index (Phi) is 4.39. The Morgan fingerprint density at radius 2 is 2.08 bits per heavy atom. The number of aromatic amines is 1. The van der Waals surface area contributed by atoms with E-state index in [0.717, 1.165) is 21.2 Å². The van der Waals surface area contributed by atoms with Gasteiger partial charge in [-0.1, -0.05) is 22.0 Å². The van der Waals surface area contributed by atoms with Crippen molar-refractivity contribution in [3.05, 3.63) is 62.0 Å². The van der Waals surface area contributed by atoms with Gasteiger partial charge < -0.3 is 9.84 Å². The maximum Gasteiger partial charge on any atom is 0.365 e. The maximum atomic E-state index is 11.8. The van der Waals surface area contributed by atoms with Crippen LogP contribution in [-0.2, 0) is 6.61 Å². The highest BCUT2D eigenvalue weighted by atomic mass is 79.9. The molecule has 0 radical (unpaired) electrons. The first-order valence-electron chi connectivity index (χ1n) is 7.18. The van der Waals surface area contributed by atoms with Crippen LogP contribution < -0.4 is 10.4 Å². The Bertz CT molecular complexity index is 949. The van der Waals surface area contributed by atoms with Crippen LogP contribution in [0.4, 0.5) is 0 Å². The molecule has 2 N–H and O–H groups in total. The molecule has 1 aromatic heterocycles. The van der Waals surface area contributed by atoms with E-state index in [-0.39, 0.29) is 12.4 Å². The van der Waals surface area contributed by atoms with Gasteiger partial charge in [0, 0.05) is 10.0 Å².